The van der Waals surface area contributed by atoms with Crippen molar-refractivity contribution in [3.8, 4) is 0 Å². The molecule has 1 saturated heterocycles. The maximum absolute atomic E-state index is 13.9. The van der Waals surface area contributed by atoms with Crippen LogP contribution in [0.4, 0.5) is 9.18 Å². The van der Waals surface area contributed by atoms with Crippen LogP contribution in [0.15, 0.2) is 24.3 Å². The summed E-state index contributed by atoms with van der Waals surface area (Å²) in [5.41, 5.74) is -0.360. The van der Waals surface area contributed by atoms with Gasteiger partial charge in [-0.05, 0) is 19.9 Å². The zero-order valence-corrected chi connectivity index (χ0v) is 10.5. The lowest BCUT2D eigenvalue weighted by atomic mass is 9.89. The van der Waals surface area contributed by atoms with E-state index in [0.29, 0.717) is 5.56 Å². The molecule has 0 aliphatic carbocycles. The molecule has 1 aromatic carbocycles. The van der Waals surface area contributed by atoms with E-state index in [-0.39, 0.29) is 0 Å². The van der Waals surface area contributed by atoms with Gasteiger partial charge < -0.3 is 5.32 Å². The van der Waals surface area contributed by atoms with Gasteiger partial charge in [0.15, 0.2) is 0 Å². The molecule has 3 amide bonds. The summed E-state index contributed by atoms with van der Waals surface area (Å²) in [4.78, 5) is 24.4. The Morgan fingerprint density at radius 2 is 2.00 bits per heavy atom. The number of hydrogen-bond acceptors (Lipinski definition) is 2. The van der Waals surface area contributed by atoms with Crippen molar-refractivity contribution >= 4 is 11.9 Å². The molecule has 1 unspecified atom stereocenters. The zero-order valence-electron chi connectivity index (χ0n) is 10.5. The van der Waals surface area contributed by atoms with Gasteiger partial charge in [-0.15, -0.1) is 0 Å². The summed E-state index contributed by atoms with van der Waals surface area (Å²) in [7, 11) is 0. The van der Waals surface area contributed by atoms with Gasteiger partial charge >= 0.3 is 6.03 Å². The lowest BCUT2D eigenvalue weighted by Crippen LogP contribution is -2.39. The Balaban J connectivity index is 2.55. The highest BCUT2D eigenvalue weighted by atomic mass is 19.1. The Hall–Kier alpha value is -1.91. The SMILES string of the molecule is CC(=O)N1C(=O)NC(C)(C)C1c1ccccc1F. The van der Waals surface area contributed by atoms with Crippen LogP contribution in [0.5, 0.6) is 0 Å². The Labute approximate surface area is 105 Å². The lowest BCUT2D eigenvalue weighted by molar-refractivity contribution is -0.127. The highest BCUT2D eigenvalue weighted by molar-refractivity contribution is 5.96. The van der Waals surface area contributed by atoms with E-state index in [0.717, 1.165) is 4.90 Å². The fourth-order valence-electron chi connectivity index (χ4n) is 2.39. The summed E-state index contributed by atoms with van der Waals surface area (Å²) in [6.45, 7) is 4.84. The predicted molar refractivity (Wildman–Crippen MR) is 64.3 cm³/mol. The number of carbonyl (C=O) groups is 2. The highest BCUT2D eigenvalue weighted by Gasteiger charge is 2.48. The smallest absolute Gasteiger partial charge is 0.325 e. The summed E-state index contributed by atoms with van der Waals surface area (Å²) in [6, 6.07) is 5.07. The third-order valence-electron chi connectivity index (χ3n) is 3.13. The number of nitrogens with zero attached hydrogens (tertiary/aromatic N) is 1. The number of rotatable bonds is 1. The van der Waals surface area contributed by atoms with Crippen LogP contribution in [0, 0.1) is 5.82 Å². The zero-order chi connectivity index (χ0) is 13.5. The van der Waals surface area contributed by atoms with Crippen LogP contribution in [0.1, 0.15) is 32.4 Å². The second kappa shape index (κ2) is 4.08. The van der Waals surface area contributed by atoms with Gasteiger partial charge in [0.1, 0.15) is 5.82 Å². The average molecular weight is 250 g/mol. The Morgan fingerprint density at radius 1 is 1.39 bits per heavy atom. The van der Waals surface area contributed by atoms with Gasteiger partial charge in [-0.2, -0.15) is 0 Å². The molecule has 96 valence electrons. The maximum atomic E-state index is 13.9. The van der Waals surface area contributed by atoms with Crippen LogP contribution in [0.25, 0.3) is 0 Å². The van der Waals surface area contributed by atoms with Gasteiger partial charge in [0.25, 0.3) is 0 Å². The first-order chi connectivity index (χ1) is 8.34. The van der Waals surface area contributed by atoms with Gasteiger partial charge in [-0.3, -0.25) is 9.69 Å². The predicted octanol–water partition coefficient (Wildman–Crippen LogP) is 2.22. The molecule has 1 aromatic rings. The number of hydrogen-bond donors (Lipinski definition) is 1. The Morgan fingerprint density at radius 3 is 2.56 bits per heavy atom. The minimum Gasteiger partial charge on any atom is -0.330 e. The standard InChI is InChI=1S/C13H15FN2O2/c1-8(17)16-11(13(2,3)15-12(16)18)9-6-4-5-7-10(9)14/h4-7,11H,1-3H3,(H,15,18). The summed E-state index contributed by atoms with van der Waals surface area (Å²) in [5, 5.41) is 2.70. The average Bonchev–Trinajstić information content (AvgIpc) is 2.48. The van der Waals surface area contributed by atoms with Crippen molar-refractivity contribution in [2.24, 2.45) is 0 Å². The first kappa shape index (κ1) is 12.5. The minimum absolute atomic E-state index is 0.344. The maximum Gasteiger partial charge on any atom is 0.325 e. The fraction of sp³-hybridized carbons (Fsp3) is 0.385. The number of benzene rings is 1. The van der Waals surface area contributed by atoms with E-state index >= 15 is 0 Å². The normalized spacial score (nSPS) is 21.9. The molecule has 1 atom stereocenters. The molecule has 2 rings (SSSR count). The van der Waals surface area contributed by atoms with Crippen molar-refractivity contribution in [1.82, 2.24) is 10.2 Å². The molecule has 0 aromatic heterocycles. The number of halogens is 1. The van der Waals surface area contributed by atoms with E-state index < -0.39 is 29.3 Å². The molecule has 4 nitrogen and oxygen atoms in total. The first-order valence-electron chi connectivity index (χ1n) is 5.71. The number of amides is 3. The van der Waals surface area contributed by atoms with Gasteiger partial charge in [-0.1, -0.05) is 18.2 Å². The van der Waals surface area contributed by atoms with Gasteiger partial charge in [0, 0.05) is 12.5 Å². The Bertz CT molecular complexity index is 513. The molecule has 0 radical (unpaired) electrons. The third-order valence-corrected chi connectivity index (χ3v) is 3.13. The Kier molecular flexibility index (Phi) is 2.84. The number of nitrogens with one attached hydrogen (secondary N) is 1. The van der Waals surface area contributed by atoms with Crippen LogP contribution in [0.2, 0.25) is 0 Å². The molecular weight excluding hydrogens is 235 g/mol. The van der Waals surface area contributed by atoms with Crippen LogP contribution in [0.3, 0.4) is 0 Å². The van der Waals surface area contributed by atoms with Crippen LogP contribution < -0.4 is 5.32 Å². The third kappa shape index (κ3) is 1.85. The monoisotopic (exact) mass is 250 g/mol. The second-order valence-electron chi connectivity index (χ2n) is 4.96. The molecule has 0 bridgehead atoms. The topological polar surface area (TPSA) is 49.4 Å². The highest BCUT2D eigenvalue weighted by Crippen LogP contribution is 2.37. The van der Waals surface area contributed by atoms with Gasteiger partial charge in [-0.25, -0.2) is 9.18 Å². The molecule has 1 aliphatic heterocycles. The molecule has 1 aliphatic rings. The quantitative estimate of drug-likeness (QED) is 0.830. The number of urea groups is 1. The van der Waals surface area contributed by atoms with Crippen LogP contribution in [-0.4, -0.2) is 22.4 Å². The van der Waals surface area contributed by atoms with E-state index in [2.05, 4.69) is 5.32 Å². The molecule has 0 spiro atoms. The van der Waals surface area contributed by atoms with Crippen molar-refractivity contribution < 1.29 is 14.0 Å². The van der Waals surface area contributed by atoms with Crippen molar-refractivity contribution in [2.75, 3.05) is 0 Å². The van der Waals surface area contributed by atoms with Gasteiger partial charge in [0.2, 0.25) is 5.91 Å². The van der Waals surface area contributed by atoms with Crippen molar-refractivity contribution in [3.05, 3.63) is 35.6 Å². The molecule has 5 heteroatoms. The van der Waals surface area contributed by atoms with Crippen molar-refractivity contribution in [1.29, 1.82) is 0 Å². The summed E-state index contributed by atoms with van der Waals surface area (Å²) >= 11 is 0. The molecule has 1 heterocycles. The van der Waals surface area contributed by atoms with E-state index in [1.165, 1.54) is 13.0 Å². The molecule has 1 N–H and O–H groups in total. The second-order valence-corrected chi connectivity index (χ2v) is 4.96. The van der Waals surface area contributed by atoms with Crippen molar-refractivity contribution in [3.63, 3.8) is 0 Å². The largest absolute Gasteiger partial charge is 0.330 e. The van der Waals surface area contributed by atoms with E-state index in [4.69, 9.17) is 0 Å². The van der Waals surface area contributed by atoms with Crippen LogP contribution in [-0.2, 0) is 4.79 Å². The molecule has 0 saturated carbocycles. The van der Waals surface area contributed by atoms with Crippen LogP contribution >= 0.6 is 0 Å². The van der Waals surface area contributed by atoms with Gasteiger partial charge in [0.05, 0.1) is 11.6 Å². The first-order valence-corrected chi connectivity index (χ1v) is 5.71. The summed E-state index contributed by atoms with van der Waals surface area (Å²) in [5.74, 6) is -0.815. The lowest BCUT2D eigenvalue weighted by Gasteiger charge is -2.29. The van der Waals surface area contributed by atoms with E-state index in [1.54, 1.807) is 32.0 Å². The minimum atomic E-state index is -0.703. The summed E-state index contributed by atoms with van der Waals surface area (Å²) in [6.07, 6.45) is 0. The number of imide groups is 1. The van der Waals surface area contributed by atoms with E-state index in [9.17, 15) is 14.0 Å². The fourth-order valence-corrected chi connectivity index (χ4v) is 2.39. The molecular formula is C13H15FN2O2. The van der Waals surface area contributed by atoms with Crippen molar-refractivity contribution in [2.45, 2.75) is 32.4 Å². The van der Waals surface area contributed by atoms with E-state index in [1.807, 2.05) is 0 Å². The molecule has 18 heavy (non-hydrogen) atoms. The summed E-state index contributed by atoms with van der Waals surface area (Å²) < 4.78 is 13.9. The molecule has 1 fully saturated rings. The number of carbonyl (C=O) groups excluding carboxylic acids is 2.